The number of benzene rings is 8. The smallest absolute Gasteiger partial charge is 0.240 e. The van der Waals surface area contributed by atoms with Gasteiger partial charge >= 0.3 is 0 Å². The van der Waals surface area contributed by atoms with E-state index in [0.29, 0.717) is 61.1 Å². The Morgan fingerprint density at radius 1 is 0.548 bits per heavy atom. The molecule has 1 fully saturated rings. The van der Waals surface area contributed by atoms with Crippen LogP contribution in [0.4, 0.5) is 28.4 Å². The molecule has 1 saturated heterocycles. The second kappa shape index (κ2) is 34.0. The number of sulfonamides is 1. The maximum atomic E-state index is 13.4. The van der Waals surface area contributed by atoms with E-state index in [2.05, 4.69) is 63.4 Å². The summed E-state index contributed by atoms with van der Waals surface area (Å²) in [5.41, 5.74) is 22.2. The highest BCUT2D eigenvalue weighted by molar-refractivity contribution is 7.89. The highest BCUT2D eigenvalue weighted by atomic mass is 127. The van der Waals surface area contributed by atoms with Crippen molar-refractivity contribution in [1.82, 2.24) is 4.72 Å². The molecule has 0 atom stereocenters. The number of phenolic OH excluding ortho intramolecular Hbond substituents is 2. The fourth-order valence-electron chi connectivity index (χ4n) is 11.8. The van der Waals surface area contributed by atoms with Gasteiger partial charge in [-0.05, 0) is 42.8 Å². The first-order chi connectivity index (χ1) is 48.2. The third kappa shape index (κ3) is 18.9. The van der Waals surface area contributed by atoms with E-state index in [1.54, 1.807) is 66.7 Å². The maximum Gasteiger partial charge on any atom is 0.240 e. The van der Waals surface area contributed by atoms with Gasteiger partial charge in [0, 0.05) is 57.3 Å². The molecular formula is C74H82ClIN8O18S2. The summed E-state index contributed by atoms with van der Waals surface area (Å²) in [6.45, 7) is 9.39. The van der Waals surface area contributed by atoms with Crippen LogP contribution in [0.25, 0.3) is 0 Å². The Labute approximate surface area is 626 Å². The molecule has 1 heterocycles. The second-order valence-electron chi connectivity index (χ2n) is 26.3. The van der Waals surface area contributed by atoms with Crippen molar-refractivity contribution in [3.8, 4) is 34.5 Å². The third-order valence-corrected chi connectivity index (χ3v) is 19.4. The monoisotopic (exact) mass is 1600 g/mol. The van der Waals surface area contributed by atoms with Gasteiger partial charge in [-0.2, -0.15) is 0 Å². The van der Waals surface area contributed by atoms with Gasteiger partial charge in [0.2, 0.25) is 20.4 Å². The van der Waals surface area contributed by atoms with E-state index in [1.807, 2.05) is 30.3 Å². The van der Waals surface area contributed by atoms with E-state index in [4.69, 9.17) is 36.1 Å². The number of ether oxygens (including phenoxy) is 4. The van der Waals surface area contributed by atoms with Crippen molar-refractivity contribution in [2.45, 2.75) is 18.2 Å². The summed E-state index contributed by atoms with van der Waals surface area (Å²) in [6, 6.07) is 39.1. The molecule has 26 nitrogen and oxygen atoms in total. The Morgan fingerprint density at radius 2 is 0.933 bits per heavy atom. The van der Waals surface area contributed by atoms with E-state index in [-0.39, 0.29) is 155 Å². The van der Waals surface area contributed by atoms with Crippen LogP contribution in [0.1, 0.15) is 109 Å². The van der Waals surface area contributed by atoms with Gasteiger partial charge in [0.25, 0.3) is 0 Å². The third-order valence-electron chi connectivity index (χ3n) is 17.5. The van der Waals surface area contributed by atoms with Gasteiger partial charge in [-0.25, -0.2) is 21.6 Å². The van der Waals surface area contributed by atoms with Crippen molar-refractivity contribution in [3.05, 3.63) is 212 Å². The predicted molar refractivity (Wildman–Crippen MR) is 382 cm³/mol. The molecule has 104 heavy (non-hydrogen) atoms. The van der Waals surface area contributed by atoms with E-state index in [9.17, 15) is 60.4 Å². The maximum absolute atomic E-state index is 13.4. The normalized spacial score (nSPS) is 14.0. The number of likely N-dealkylation sites (N-methyl/N-ethyl adjacent to an activating group) is 3. The minimum Gasteiger partial charge on any atom is -1.00 e. The lowest BCUT2D eigenvalue weighted by molar-refractivity contribution is -0.915. The summed E-state index contributed by atoms with van der Waals surface area (Å²) in [5.74, 6) is -2.17. The number of nitrogens with two attached hydrogens (primary N) is 3. The molecule has 0 saturated carbocycles. The Hall–Kier alpha value is -9.38. The van der Waals surface area contributed by atoms with Gasteiger partial charge in [-0.3, -0.25) is 33.0 Å². The zero-order chi connectivity index (χ0) is 74.2. The molecule has 1 aliphatic heterocycles. The Bertz CT molecular complexity index is 4820. The summed E-state index contributed by atoms with van der Waals surface area (Å²) in [7, 11) is 5.17. The first kappa shape index (κ1) is 81.9. The number of nitrogens with one attached hydrogen (secondary N) is 2. The quantitative estimate of drug-likeness (QED) is 0.0143. The number of quaternary nitrogens is 3. The zero-order valence-electron chi connectivity index (χ0n) is 58.4. The molecule has 12 rings (SSSR count). The molecule has 8 aromatic rings. The van der Waals surface area contributed by atoms with Crippen molar-refractivity contribution in [3.63, 3.8) is 0 Å². The van der Waals surface area contributed by atoms with Crippen molar-refractivity contribution in [2.75, 3.05) is 144 Å². The minimum atomic E-state index is -4.41. The van der Waals surface area contributed by atoms with Crippen LogP contribution in [0.15, 0.2) is 150 Å². The molecule has 0 aromatic heterocycles. The first-order valence-corrected chi connectivity index (χ1v) is 35.2. The summed E-state index contributed by atoms with van der Waals surface area (Å²) >= 11 is 0. The lowest BCUT2D eigenvalue weighted by atomic mass is 9.82. The van der Waals surface area contributed by atoms with Crippen LogP contribution in [0.5, 0.6) is 34.5 Å². The largest absolute Gasteiger partial charge is 1.00 e. The number of halogens is 2. The molecule has 10 N–H and O–H groups in total. The lowest BCUT2D eigenvalue weighted by Crippen LogP contribution is -3.00. The second-order valence-corrected chi connectivity index (χ2v) is 29.3. The zero-order valence-corrected chi connectivity index (χ0v) is 63.0. The average molecular weight is 1600 g/mol. The number of carbonyl (C=O) groups is 6. The fourth-order valence-corrected chi connectivity index (χ4v) is 12.9. The number of morpholine rings is 1. The van der Waals surface area contributed by atoms with E-state index in [1.165, 1.54) is 48.5 Å². The molecule has 0 radical (unpaired) electrons. The molecule has 30 heteroatoms. The SMILES string of the molecule is CCC[N+](C)(C)CCOc1cc(O)c2c(c1N)C(=O)c1ccccc1C2=O.COS(=O)(=O)[O-].C[N+](C)(C)CCOc1cc(Nc2ccccc2)c2c(c1N)C(=O)c1ccccc1C2=O.C[N+]1(CCNS(=O)(=O)c2ccc(Oc3cc(O)c4c(c3N)C(=O)c3ccccc3C4=O)cc2)CCOCC1.[Cl-].[I-]. The van der Waals surface area contributed by atoms with Crippen LogP contribution >= 0.6 is 0 Å². The predicted octanol–water partition coefficient (Wildman–Crippen LogP) is 1.89. The van der Waals surface area contributed by atoms with Crippen LogP contribution in [-0.4, -0.2) is 201 Å². The highest BCUT2D eigenvalue weighted by Gasteiger charge is 2.39. The number of rotatable bonds is 20. The van der Waals surface area contributed by atoms with Crippen LogP contribution < -0.4 is 77.8 Å². The number of hydrogen-bond donors (Lipinski definition) is 7. The number of carbonyl (C=O) groups excluding carboxylic acids is 6. The molecule has 3 aliphatic carbocycles. The molecule has 0 amide bonds. The Kier molecular flexibility index (Phi) is 26.8. The lowest BCUT2D eigenvalue weighted by Gasteiger charge is -2.37. The van der Waals surface area contributed by atoms with E-state index in [0.717, 1.165) is 65.4 Å². The van der Waals surface area contributed by atoms with E-state index < -0.39 is 43.5 Å². The molecule has 4 aliphatic rings. The number of nitrogens with zero attached hydrogens (tertiary/aromatic N) is 3. The topological polar surface area (TPSA) is 382 Å². The van der Waals surface area contributed by atoms with Crippen molar-refractivity contribution < 1.29 is 133 Å². The van der Waals surface area contributed by atoms with Gasteiger partial charge in [-0.1, -0.05) is 97.9 Å². The van der Waals surface area contributed by atoms with Crippen molar-refractivity contribution >= 4 is 83.6 Å². The standard InChI is InChI=1S/C27H27N3O7S.C25H25N3O3.C21H24N2O4.CH4O4S.ClH.HI/c1-30(12-14-36-15-13-30)11-10-29-38(34,35)18-8-6-17(7-9-18)37-22-16-21(31)23-24(25(22)28)27(33)20-5-3-2-4-19(20)26(23)32;1-28(2,3)13-14-31-20-15-19(27-16-9-5-4-6-10-16)21-22(23(20)26)25(30)18-12-8-7-11-17(18)24(21)29;1-4-9-23(2,3)10-11-27-16-12-15(24)17-18(19(16)22)21(26)14-8-6-5-7-13(14)20(17)25;1-5-6(2,3)4;;/h2-9,16,29H,10-15H2,1H3,(H2-,28,31,32,33);4-12,15H,13-14H2,1-3H3,(H2-,26,27,29,30);5-8,12H,4,9-11H2,1-3H3,(H2-,22,24,25,26);1H3,(H,2,3,4);2*1H. The average Bonchev–Trinajstić information content (AvgIpc) is 0.754. The summed E-state index contributed by atoms with van der Waals surface area (Å²) < 4.78 is 84.4. The Balaban J connectivity index is 0.000000210. The minimum absolute atomic E-state index is 0. The highest BCUT2D eigenvalue weighted by Crippen LogP contribution is 2.45. The first-order valence-electron chi connectivity index (χ1n) is 32.4. The molecule has 0 unspecified atom stereocenters. The summed E-state index contributed by atoms with van der Waals surface area (Å²) in [6.07, 6.45) is 1.06. The molecule has 0 spiro atoms. The van der Waals surface area contributed by atoms with Crippen LogP contribution in [-0.2, 0) is 29.3 Å². The van der Waals surface area contributed by atoms with Crippen LogP contribution in [0, 0.1) is 0 Å². The number of phenols is 2. The van der Waals surface area contributed by atoms with Gasteiger partial charge in [-0.15, -0.1) is 0 Å². The number of para-hydroxylation sites is 1. The summed E-state index contributed by atoms with van der Waals surface area (Å²) in [4.78, 5) is 78.5. The number of aromatic hydroxyl groups is 2. The Morgan fingerprint density at radius 3 is 1.37 bits per heavy atom. The van der Waals surface area contributed by atoms with Gasteiger partial charge in [0.05, 0.1) is 143 Å². The number of hydrogen-bond acceptors (Lipinski definition) is 22. The molecule has 552 valence electrons. The number of fused-ring (bicyclic) bond motifs is 6. The number of anilines is 5. The molecule has 8 aromatic carbocycles. The molecular weight excluding hydrogens is 1520 g/mol. The van der Waals surface area contributed by atoms with Crippen LogP contribution in [0.3, 0.4) is 0 Å². The van der Waals surface area contributed by atoms with E-state index >= 15 is 0 Å². The molecule has 0 bridgehead atoms. The van der Waals surface area contributed by atoms with Crippen LogP contribution in [0.2, 0.25) is 0 Å². The van der Waals surface area contributed by atoms with Gasteiger partial charge in [0.1, 0.15) is 68.1 Å². The summed E-state index contributed by atoms with van der Waals surface area (Å²) in [5, 5.41) is 24.3. The number of ketones is 6. The van der Waals surface area contributed by atoms with Crippen molar-refractivity contribution in [2.24, 2.45) is 0 Å². The van der Waals surface area contributed by atoms with Crippen molar-refractivity contribution in [1.29, 1.82) is 0 Å². The number of nitrogen functional groups attached to an aromatic ring is 3. The fraction of sp³-hybridized carbons (Fsp3) is 0.270. The van der Waals surface area contributed by atoms with Gasteiger partial charge < -0.3 is 106 Å². The van der Waals surface area contributed by atoms with Gasteiger partial charge in [0.15, 0.2) is 40.4 Å².